The number of nitrogens with zero attached hydrogens (tertiary/aromatic N) is 2. The fourth-order valence-corrected chi connectivity index (χ4v) is 4.74. The van der Waals surface area contributed by atoms with E-state index in [2.05, 4.69) is 51.4 Å². The highest BCUT2D eigenvalue weighted by molar-refractivity contribution is 9.10. The van der Waals surface area contributed by atoms with E-state index in [1.807, 2.05) is 19.1 Å². The molecule has 1 aliphatic rings. The zero-order chi connectivity index (χ0) is 21.1. The number of carbonyl (C=O) groups is 1. The lowest BCUT2D eigenvalue weighted by Crippen LogP contribution is -2.21. The van der Waals surface area contributed by atoms with Crippen molar-refractivity contribution in [2.75, 3.05) is 6.61 Å². The van der Waals surface area contributed by atoms with Gasteiger partial charge in [-0.2, -0.15) is 5.10 Å². The summed E-state index contributed by atoms with van der Waals surface area (Å²) in [6, 6.07) is 14.6. The molecule has 0 saturated heterocycles. The first kappa shape index (κ1) is 21.1. The number of aromatic nitrogens is 2. The van der Waals surface area contributed by atoms with Crippen LogP contribution in [0.15, 0.2) is 46.9 Å². The predicted octanol–water partition coefficient (Wildman–Crippen LogP) is 5.82. The number of fused-ring (bicyclic) bond motifs is 1. The minimum Gasteiger partial charge on any atom is -0.462 e. The molecule has 0 spiro atoms. The summed E-state index contributed by atoms with van der Waals surface area (Å²) in [5.74, 6) is 0.292. The molecule has 0 radical (unpaired) electrons. The molecule has 0 aliphatic heterocycles. The Labute approximate surface area is 185 Å². The molecule has 158 valence electrons. The van der Waals surface area contributed by atoms with Crippen LogP contribution in [-0.2, 0) is 16.1 Å². The predicted molar refractivity (Wildman–Crippen MR) is 120 cm³/mol. The van der Waals surface area contributed by atoms with Gasteiger partial charge in [0, 0.05) is 4.47 Å². The molecule has 30 heavy (non-hydrogen) atoms. The maximum Gasteiger partial charge on any atom is 0.342 e. The lowest BCUT2D eigenvalue weighted by Gasteiger charge is -2.29. The Balaban J connectivity index is 1.46. The summed E-state index contributed by atoms with van der Waals surface area (Å²) < 4.78 is 14.2. The number of rotatable bonds is 6. The molecule has 6 heteroatoms. The number of hydrogen-bond acceptors (Lipinski definition) is 4. The minimum atomic E-state index is -0.335. The Kier molecular flexibility index (Phi) is 6.54. The second-order valence-corrected chi connectivity index (χ2v) is 8.66. The number of halogens is 1. The van der Waals surface area contributed by atoms with Crippen LogP contribution < -0.4 is 0 Å². The second kappa shape index (κ2) is 9.31. The van der Waals surface area contributed by atoms with E-state index in [1.54, 1.807) is 11.4 Å². The van der Waals surface area contributed by atoms with Crippen molar-refractivity contribution >= 4 is 27.4 Å². The summed E-state index contributed by atoms with van der Waals surface area (Å²) in [6.07, 6.45) is 4.65. The number of ether oxygens (including phenoxy) is 2. The van der Waals surface area contributed by atoms with Gasteiger partial charge in [-0.1, -0.05) is 30.3 Å². The number of pyridine rings is 1. The average Bonchev–Trinajstić information content (AvgIpc) is 3.10. The summed E-state index contributed by atoms with van der Waals surface area (Å²) >= 11 is 3.63. The fourth-order valence-electron chi connectivity index (χ4n) is 4.32. The van der Waals surface area contributed by atoms with Crippen LogP contribution in [0.2, 0.25) is 0 Å². The lowest BCUT2D eigenvalue weighted by atomic mass is 9.83. The third-order valence-electron chi connectivity index (χ3n) is 5.90. The van der Waals surface area contributed by atoms with Crippen molar-refractivity contribution in [3.63, 3.8) is 0 Å². The molecular weight excluding hydrogens is 444 g/mol. The maximum absolute atomic E-state index is 12.4. The van der Waals surface area contributed by atoms with Crippen molar-refractivity contribution in [3.05, 3.63) is 69.5 Å². The van der Waals surface area contributed by atoms with E-state index in [4.69, 9.17) is 9.47 Å². The number of carbonyl (C=O) groups excluding carboxylic acids is 1. The summed E-state index contributed by atoms with van der Waals surface area (Å²) in [5.41, 5.74) is 4.28. The second-order valence-electron chi connectivity index (χ2n) is 7.80. The van der Waals surface area contributed by atoms with Crippen molar-refractivity contribution in [2.24, 2.45) is 0 Å². The Morgan fingerprint density at radius 3 is 2.57 bits per heavy atom. The first-order chi connectivity index (χ1) is 14.6. The quantitative estimate of drug-likeness (QED) is 0.425. The average molecular weight is 471 g/mol. The van der Waals surface area contributed by atoms with Gasteiger partial charge in [-0.3, -0.25) is 0 Å². The molecule has 0 amide bonds. The van der Waals surface area contributed by atoms with Crippen LogP contribution in [0.25, 0.3) is 5.52 Å². The molecule has 1 aromatic carbocycles. The fraction of sp³-hybridized carbons (Fsp3) is 0.417. The SMILES string of the molecule is CCOC(=O)c1c(C)nn2c(COC3CCC(c4ccccc4)CC3)c(Br)ccc12. The smallest absolute Gasteiger partial charge is 0.342 e. The monoisotopic (exact) mass is 470 g/mol. The van der Waals surface area contributed by atoms with Crippen LogP contribution in [0.1, 0.15) is 65.8 Å². The van der Waals surface area contributed by atoms with E-state index < -0.39 is 0 Å². The molecular formula is C24H27BrN2O3. The summed E-state index contributed by atoms with van der Waals surface area (Å²) in [5, 5.41) is 4.60. The standard InChI is InChI=1S/C24H27BrN2O3/c1-3-29-24(28)23-16(2)26-27-21(23)14-13-20(25)22(27)15-30-19-11-9-18(10-12-19)17-7-5-4-6-8-17/h4-8,13-14,18-19H,3,9-12,15H2,1-2H3. The number of aryl methyl sites for hydroxylation is 1. The molecule has 3 aromatic rings. The largest absolute Gasteiger partial charge is 0.462 e. The van der Waals surface area contributed by atoms with Gasteiger partial charge in [0.1, 0.15) is 5.56 Å². The maximum atomic E-state index is 12.4. The van der Waals surface area contributed by atoms with Crippen molar-refractivity contribution in [2.45, 2.75) is 58.2 Å². The van der Waals surface area contributed by atoms with Crippen molar-refractivity contribution in [1.82, 2.24) is 9.61 Å². The van der Waals surface area contributed by atoms with Gasteiger partial charge in [0.05, 0.1) is 36.2 Å². The molecule has 0 atom stereocenters. The van der Waals surface area contributed by atoms with Crippen molar-refractivity contribution < 1.29 is 14.3 Å². The van der Waals surface area contributed by atoms with Gasteiger partial charge in [0.2, 0.25) is 0 Å². The van der Waals surface area contributed by atoms with E-state index in [0.717, 1.165) is 41.4 Å². The zero-order valence-corrected chi connectivity index (χ0v) is 19.0. The molecule has 5 nitrogen and oxygen atoms in total. The topological polar surface area (TPSA) is 52.8 Å². The summed E-state index contributed by atoms with van der Waals surface area (Å²) in [7, 11) is 0. The Hall–Kier alpha value is -2.18. The molecule has 2 heterocycles. The summed E-state index contributed by atoms with van der Waals surface area (Å²) in [6.45, 7) is 4.43. The third-order valence-corrected chi connectivity index (χ3v) is 6.62. The van der Waals surface area contributed by atoms with Crippen LogP contribution in [-0.4, -0.2) is 28.3 Å². The highest BCUT2D eigenvalue weighted by Crippen LogP contribution is 2.34. The molecule has 1 saturated carbocycles. The van der Waals surface area contributed by atoms with Gasteiger partial charge < -0.3 is 9.47 Å². The minimum absolute atomic E-state index is 0.244. The molecule has 0 N–H and O–H groups in total. The summed E-state index contributed by atoms with van der Waals surface area (Å²) in [4.78, 5) is 12.4. The molecule has 0 unspecified atom stereocenters. The molecule has 1 fully saturated rings. The molecule has 1 aliphatic carbocycles. The van der Waals surface area contributed by atoms with E-state index >= 15 is 0 Å². The van der Waals surface area contributed by atoms with Crippen LogP contribution >= 0.6 is 15.9 Å². The Morgan fingerprint density at radius 2 is 1.87 bits per heavy atom. The third kappa shape index (κ3) is 4.30. The number of esters is 1. The van der Waals surface area contributed by atoms with E-state index in [9.17, 15) is 4.79 Å². The van der Waals surface area contributed by atoms with Gasteiger partial charge in [0.25, 0.3) is 0 Å². The zero-order valence-electron chi connectivity index (χ0n) is 17.4. The Morgan fingerprint density at radius 1 is 1.13 bits per heavy atom. The molecule has 0 bridgehead atoms. The van der Waals surface area contributed by atoms with Crippen LogP contribution in [0, 0.1) is 6.92 Å². The molecule has 4 rings (SSSR count). The first-order valence-corrected chi connectivity index (χ1v) is 11.4. The van der Waals surface area contributed by atoms with Crippen LogP contribution in [0.4, 0.5) is 0 Å². The number of hydrogen-bond donors (Lipinski definition) is 0. The molecule has 2 aromatic heterocycles. The van der Waals surface area contributed by atoms with E-state index in [-0.39, 0.29) is 12.1 Å². The van der Waals surface area contributed by atoms with Gasteiger partial charge in [-0.15, -0.1) is 0 Å². The van der Waals surface area contributed by atoms with Gasteiger partial charge in [-0.25, -0.2) is 9.31 Å². The van der Waals surface area contributed by atoms with Crippen LogP contribution in [0.3, 0.4) is 0 Å². The van der Waals surface area contributed by atoms with Gasteiger partial charge >= 0.3 is 5.97 Å². The van der Waals surface area contributed by atoms with Crippen LogP contribution in [0.5, 0.6) is 0 Å². The van der Waals surface area contributed by atoms with Gasteiger partial charge in [-0.05, 0) is 79.1 Å². The van der Waals surface area contributed by atoms with Crippen molar-refractivity contribution in [1.29, 1.82) is 0 Å². The normalized spacial score (nSPS) is 19.2. The Bertz CT molecular complexity index is 1020. The van der Waals surface area contributed by atoms with E-state index in [0.29, 0.717) is 30.4 Å². The highest BCUT2D eigenvalue weighted by Gasteiger charge is 2.24. The number of benzene rings is 1. The lowest BCUT2D eigenvalue weighted by molar-refractivity contribution is 0.0107. The van der Waals surface area contributed by atoms with Crippen molar-refractivity contribution in [3.8, 4) is 0 Å². The van der Waals surface area contributed by atoms with Gasteiger partial charge in [0.15, 0.2) is 0 Å². The van der Waals surface area contributed by atoms with E-state index in [1.165, 1.54) is 5.56 Å². The highest BCUT2D eigenvalue weighted by atomic mass is 79.9. The first-order valence-electron chi connectivity index (χ1n) is 10.6.